The molecule has 2 rings (SSSR count). The fourth-order valence-electron chi connectivity index (χ4n) is 1.46. The van der Waals surface area contributed by atoms with Gasteiger partial charge in [0, 0.05) is 18.5 Å². The van der Waals surface area contributed by atoms with Gasteiger partial charge in [0.1, 0.15) is 0 Å². The minimum Gasteiger partial charge on any atom is -0.392 e. The quantitative estimate of drug-likeness (QED) is 0.639. The SMILES string of the molecule is O=[N+]([O-])c1ccc(CO)cc1-c1ncccn1. The van der Waals surface area contributed by atoms with Crippen LogP contribution in [0.5, 0.6) is 0 Å². The summed E-state index contributed by atoms with van der Waals surface area (Å²) < 4.78 is 0. The summed E-state index contributed by atoms with van der Waals surface area (Å²) in [6.07, 6.45) is 3.02. The van der Waals surface area contributed by atoms with Gasteiger partial charge in [-0.3, -0.25) is 10.1 Å². The molecule has 0 aliphatic heterocycles. The number of hydrogen-bond acceptors (Lipinski definition) is 5. The number of hydrogen-bond donors (Lipinski definition) is 1. The van der Waals surface area contributed by atoms with Crippen LogP contribution in [-0.4, -0.2) is 20.0 Å². The molecule has 17 heavy (non-hydrogen) atoms. The van der Waals surface area contributed by atoms with Crippen molar-refractivity contribution in [2.24, 2.45) is 0 Å². The summed E-state index contributed by atoms with van der Waals surface area (Å²) in [7, 11) is 0. The summed E-state index contributed by atoms with van der Waals surface area (Å²) in [5, 5.41) is 19.9. The van der Waals surface area contributed by atoms with Gasteiger partial charge in [-0.1, -0.05) is 0 Å². The summed E-state index contributed by atoms with van der Waals surface area (Å²) in [5.41, 5.74) is 0.814. The van der Waals surface area contributed by atoms with E-state index < -0.39 is 4.92 Å². The number of nitrogens with zero attached hydrogens (tertiary/aromatic N) is 3. The maximum Gasteiger partial charge on any atom is 0.280 e. The van der Waals surface area contributed by atoms with Crippen LogP contribution in [0.15, 0.2) is 36.7 Å². The van der Waals surface area contributed by atoms with Crippen molar-refractivity contribution in [1.29, 1.82) is 0 Å². The average molecular weight is 231 g/mol. The molecule has 1 aromatic heterocycles. The molecule has 2 aromatic rings. The monoisotopic (exact) mass is 231 g/mol. The van der Waals surface area contributed by atoms with Crippen LogP contribution in [0, 0.1) is 10.1 Å². The first-order valence-corrected chi connectivity index (χ1v) is 4.88. The summed E-state index contributed by atoms with van der Waals surface area (Å²) in [5.74, 6) is 0.273. The Hall–Kier alpha value is -2.34. The third-order valence-electron chi connectivity index (χ3n) is 2.25. The molecule has 0 radical (unpaired) electrons. The van der Waals surface area contributed by atoms with E-state index in [2.05, 4.69) is 9.97 Å². The van der Waals surface area contributed by atoms with Crippen LogP contribution in [0.25, 0.3) is 11.4 Å². The number of rotatable bonds is 3. The van der Waals surface area contributed by atoms with Crippen LogP contribution in [0.3, 0.4) is 0 Å². The summed E-state index contributed by atoms with van der Waals surface area (Å²) >= 11 is 0. The van der Waals surface area contributed by atoms with Crippen LogP contribution in [0.2, 0.25) is 0 Å². The first-order chi connectivity index (χ1) is 8.22. The zero-order chi connectivity index (χ0) is 12.3. The lowest BCUT2D eigenvalue weighted by Gasteiger charge is -2.03. The first kappa shape index (κ1) is 11.2. The van der Waals surface area contributed by atoms with Gasteiger partial charge in [-0.15, -0.1) is 0 Å². The van der Waals surface area contributed by atoms with E-state index in [-0.39, 0.29) is 18.1 Å². The van der Waals surface area contributed by atoms with Crippen molar-refractivity contribution in [3.05, 3.63) is 52.3 Å². The van der Waals surface area contributed by atoms with Crippen LogP contribution in [0.4, 0.5) is 5.69 Å². The Morgan fingerprint density at radius 2 is 2.00 bits per heavy atom. The normalized spacial score (nSPS) is 10.2. The number of nitro groups is 1. The van der Waals surface area contributed by atoms with E-state index in [4.69, 9.17) is 5.11 Å². The van der Waals surface area contributed by atoms with Crippen molar-refractivity contribution < 1.29 is 10.0 Å². The molecule has 1 N–H and O–H groups in total. The fourth-order valence-corrected chi connectivity index (χ4v) is 1.46. The molecular weight excluding hydrogens is 222 g/mol. The van der Waals surface area contributed by atoms with Crippen LogP contribution in [-0.2, 0) is 6.61 Å². The lowest BCUT2D eigenvalue weighted by atomic mass is 10.1. The smallest absolute Gasteiger partial charge is 0.280 e. The van der Waals surface area contributed by atoms with Gasteiger partial charge in [0.15, 0.2) is 5.82 Å². The molecule has 86 valence electrons. The Balaban J connectivity index is 2.61. The van der Waals surface area contributed by atoms with Gasteiger partial charge < -0.3 is 5.11 Å². The van der Waals surface area contributed by atoms with Gasteiger partial charge in [0.25, 0.3) is 5.69 Å². The number of aliphatic hydroxyl groups excluding tert-OH is 1. The molecule has 0 aliphatic carbocycles. The second-order valence-electron chi connectivity index (χ2n) is 3.34. The molecule has 0 aliphatic rings. The van der Waals surface area contributed by atoms with Gasteiger partial charge in [-0.25, -0.2) is 9.97 Å². The number of aromatic nitrogens is 2. The van der Waals surface area contributed by atoms with Crippen molar-refractivity contribution in [2.45, 2.75) is 6.61 Å². The second kappa shape index (κ2) is 4.67. The summed E-state index contributed by atoms with van der Waals surface area (Å²) in [6.45, 7) is -0.183. The van der Waals surface area contributed by atoms with Crippen molar-refractivity contribution in [2.75, 3.05) is 0 Å². The predicted octanol–water partition coefficient (Wildman–Crippen LogP) is 1.54. The maximum absolute atomic E-state index is 10.9. The lowest BCUT2D eigenvalue weighted by molar-refractivity contribution is -0.384. The molecule has 0 amide bonds. The Labute approximate surface area is 96.7 Å². The highest BCUT2D eigenvalue weighted by Gasteiger charge is 2.17. The first-order valence-electron chi connectivity index (χ1n) is 4.88. The molecule has 0 saturated carbocycles. The molecule has 0 fully saturated rings. The second-order valence-corrected chi connectivity index (χ2v) is 3.34. The highest BCUT2D eigenvalue weighted by molar-refractivity contribution is 5.68. The van der Waals surface area contributed by atoms with Crippen LogP contribution in [0.1, 0.15) is 5.56 Å². The summed E-state index contributed by atoms with van der Waals surface area (Å²) in [4.78, 5) is 18.3. The molecule has 1 heterocycles. The molecule has 1 aromatic carbocycles. The van der Waals surface area contributed by atoms with Gasteiger partial charge in [0.05, 0.1) is 17.1 Å². The van der Waals surface area contributed by atoms with Crippen molar-refractivity contribution in [1.82, 2.24) is 9.97 Å². The van der Waals surface area contributed by atoms with E-state index in [9.17, 15) is 10.1 Å². The number of benzene rings is 1. The Bertz CT molecular complexity index is 543. The van der Waals surface area contributed by atoms with Crippen molar-refractivity contribution in [3.63, 3.8) is 0 Å². The van der Waals surface area contributed by atoms with E-state index in [0.717, 1.165) is 0 Å². The minimum absolute atomic E-state index is 0.0756. The third-order valence-corrected chi connectivity index (χ3v) is 2.25. The molecule has 0 atom stereocenters. The third kappa shape index (κ3) is 2.26. The molecule has 0 unspecified atom stereocenters. The highest BCUT2D eigenvalue weighted by Crippen LogP contribution is 2.27. The van der Waals surface area contributed by atoms with Gasteiger partial charge in [0.2, 0.25) is 0 Å². The van der Waals surface area contributed by atoms with E-state index in [1.165, 1.54) is 30.6 Å². The van der Waals surface area contributed by atoms with E-state index in [0.29, 0.717) is 11.1 Å². The fraction of sp³-hybridized carbons (Fsp3) is 0.0909. The van der Waals surface area contributed by atoms with E-state index in [1.807, 2.05) is 0 Å². The number of nitro benzene ring substituents is 1. The standard InChI is InChI=1S/C11H9N3O3/c15-7-8-2-3-10(14(16)17)9(6-8)11-12-4-1-5-13-11/h1-6,15H,7H2. The average Bonchev–Trinajstić information content (AvgIpc) is 2.39. The predicted molar refractivity (Wildman–Crippen MR) is 60.0 cm³/mol. The number of aliphatic hydroxyl groups is 1. The van der Waals surface area contributed by atoms with Crippen molar-refractivity contribution in [3.8, 4) is 11.4 Å². The maximum atomic E-state index is 10.9. The zero-order valence-electron chi connectivity index (χ0n) is 8.78. The topological polar surface area (TPSA) is 89.2 Å². The minimum atomic E-state index is -0.493. The molecule has 0 spiro atoms. The van der Waals surface area contributed by atoms with E-state index in [1.54, 1.807) is 6.07 Å². The van der Waals surface area contributed by atoms with Gasteiger partial charge >= 0.3 is 0 Å². The molecular formula is C11H9N3O3. The molecule has 6 nitrogen and oxygen atoms in total. The Kier molecular flexibility index (Phi) is 3.06. The molecule has 0 saturated heterocycles. The molecule has 6 heteroatoms. The van der Waals surface area contributed by atoms with Gasteiger partial charge in [-0.2, -0.15) is 0 Å². The lowest BCUT2D eigenvalue weighted by Crippen LogP contribution is -1.96. The zero-order valence-corrected chi connectivity index (χ0v) is 8.78. The Morgan fingerprint density at radius 3 is 2.59 bits per heavy atom. The largest absolute Gasteiger partial charge is 0.392 e. The highest BCUT2D eigenvalue weighted by atomic mass is 16.6. The van der Waals surface area contributed by atoms with E-state index >= 15 is 0 Å². The van der Waals surface area contributed by atoms with Crippen LogP contribution >= 0.6 is 0 Å². The van der Waals surface area contributed by atoms with Crippen molar-refractivity contribution >= 4 is 5.69 Å². The molecule has 0 bridgehead atoms. The Morgan fingerprint density at radius 1 is 1.29 bits per heavy atom. The summed E-state index contributed by atoms with van der Waals surface area (Å²) in [6, 6.07) is 6.00. The van der Waals surface area contributed by atoms with Crippen LogP contribution < -0.4 is 0 Å². The van der Waals surface area contributed by atoms with Gasteiger partial charge in [-0.05, 0) is 23.8 Å².